The monoisotopic (exact) mass is 260 g/mol. The first-order valence-corrected chi connectivity index (χ1v) is 6.96. The van der Waals surface area contributed by atoms with Crippen molar-refractivity contribution in [3.63, 3.8) is 0 Å². The molecule has 1 saturated heterocycles. The van der Waals surface area contributed by atoms with Crippen molar-refractivity contribution in [2.45, 2.75) is 25.2 Å². The van der Waals surface area contributed by atoms with Crippen LogP contribution in [-0.4, -0.2) is 31.8 Å². The summed E-state index contributed by atoms with van der Waals surface area (Å²) in [5.41, 5.74) is 3.12. The summed E-state index contributed by atoms with van der Waals surface area (Å²) in [4.78, 5) is 4.74. The molecule has 1 aromatic carbocycles. The van der Waals surface area contributed by atoms with E-state index >= 15 is 0 Å². The van der Waals surface area contributed by atoms with Gasteiger partial charge in [0.2, 0.25) is 0 Å². The predicted octanol–water partition coefficient (Wildman–Crippen LogP) is 2.48. The molecule has 0 amide bonds. The van der Waals surface area contributed by atoms with Crippen molar-refractivity contribution in [1.82, 2.24) is 10.3 Å². The number of para-hydroxylation sites is 1. The van der Waals surface area contributed by atoms with Crippen LogP contribution in [0.3, 0.4) is 0 Å². The fourth-order valence-electron chi connectivity index (χ4n) is 2.68. The lowest BCUT2D eigenvalue weighted by molar-refractivity contribution is 0.202. The van der Waals surface area contributed by atoms with E-state index < -0.39 is 0 Å². The van der Waals surface area contributed by atoms with Gasteiger partial charge in [-0.3, -0.25) is 0 Å². The van der Waals surface area contributed by atoms with Crippen LogP contribution < -0.4 is 5.32 Å². The molecule has 102 valence electrons. The highest BCUT2D eigenvalue weighted by molar-refractivity contribution is 5.76. The van der Waals surface area contributed by atoms with Crippen LogP contribution >= 0.6 is 0 Å². The number of rotatable bonds is 4. The molecular weight excluding hydrogens is 240 g/mol. The molecule has 4 nitrogen and oxygen atoms in total. The van der Waals surface area contributed by atoms with Gasteiger partial charge in [-0.15, -0.1) is 0 Å². The van der Waals surface area contributed by atoms with Gasteiger partial charge >= 0.3 is 0 Å². The topological polar surface area (TPSA) is 47.3 Å². The molecule has 1 aliphatic heterocycles. The van der Waals surface area contributed by atoms with Crippen molar-refractivity contribution in [1.29, 1.82) is 0 Å². The average Bonchev–Trinajstić information content (AvgIpc) is 2.90. The van der Waals surface area contributed by atoms with Gasteiger partial charge < -0.3 is 14.5 Å². The van der Waals surface area contributed by atoms with Gasteiger partial charge in [0.25, 0.3) is 0 Å². The van der Waals surface area contributed by atoms with Crippen LogP contribution in [0.1, 0.15) is 30.2 Å². The molecule has 0 spiro atoms. The van der Waals surface area contributed by atoms with Crippen LogP contribution in [0.2, 0.25) is 0 Å². The van der Waals surface area contributed by atoms with Crippen LogP contribution in [0.25, 0.3) is 11.1 Å². The summed E-state index contributed by atoms with van der Waals surface area (Å²) in [5.74, 6) is 1.37. The second-order valence-corrected chi connectivity index (χ2v) is 5.08. The van der Waals surface area contributed by atoms with Gasteiger partial charge in [-0.2, -0.15) is 0 Å². The van der Waals surface area contributed by atoms with E-state index in [1.165, 1.54) is 5.56 Å². The van der Waals surface area contributed by atoms with E-state index in [0.717, 1.165) is 49.3 Å². The summed E-state index contributed by atoms with van der Waals surface area (Å²) in [6.45, 7) is 2.83. The lowest BCUT2D eigenvalue weighted by atomic mass is 9.98. The number of ether oxygens (including phenoxy) is 1. The third kappa shape index (κ3) is 2.65. The van der Waals surface area contributed by atoms with Crippen LogP contribution in [0.5, 0.6) is 0 Å². The summed E-state index contributed by atoms with van der Waals surface area (Å²) in [7, 11) is 1.73. The van der Waals surface area contributed by atoms with Crippen molar-refractivity contribution >= 4 is 11.1 Å². The molecule has 0 bridgehead atoms. The summed E-state index contributed by atoms with van der Waals surface area (Å²) >= 11 is 0. The van der Waals surface area contributed by atoms with Gasteiger partial charge in [-0.05, 0) is 44.0 Å². The first-order chi connectivity index (χ1) is 9.38. The molecule has 0 atom stereocenters. The first-order valence-electron chi connectivity index (χ1n) is 6.96. The predicted molar refractivity (Wildman–Crippen MR) is 74.4 cm³/mol. The number of aromatic nitrogens is 1. The Balaban J connectivity index is 1.90. The number of benzene rings is 1. The van der Waals surface area contributed by atoms with Crippen molar-refractivity contribution < 1.29 is 9.15 Å². The number of nitrogens with zero attached hydrogens (tertiary/aromatic N) is 1. The third-order valence-corrected chi connectivity index (χ3v) is 3.78. The molecule has 19 heavy (non-hydrogen) atoms. The largest absolute Gasteiger partial charge is 0.440 e. The van der Waals surface area contributed by atoms with E-state index in [-0.39, 0.29) is 0 Å². The van der Waals surface area contributed by atoms with Gasteiger partial charge in [0, 0.05) is 13.0 Å². The number of hydrogen-bond acceptors (Lipinski definition) is 4. The molecule has 0 saturated carbocycles. The molecule has 0 radical (unpaired) electrons. The second kappa shape index (κ2) is 5.72. The Bertz CT molecular complexity index is 544. The quantitative estimate of drug-likeness (QED) is 0.917. The Morgan fingerprint density at radius 2 is 2.21 bits per heavy atom. The maximum atomic E-state index is 5.95. The van der Waals surface area contributed by atoms with Crippen LogP contribution in [0.15, 0.2) is 22.6 Å². The highest BCUT2D eigenvalue weighted by Crippen LogP contribution is 2.29. The highest BCUT2D eigenvalue weighted by Gasteiger charge is 2.21. The summed E-state index contributed by atoms with van der Waals surface area (Å²) in [5, 5.41) is 3.37. The Labute approximate surface area is 113 Å². The number of hydrogen-bond donors (Lipinski definition) is 1. The fraction of sp³-hybridized carbons (Fsp3) is 0.533. The van der Waals surface area contributed by atoms with Crippen molar-refractivity contribution in [3.05, 3.63) is 29.7 Å². The van der Waals surface area contributed by atoms with Crippen LogP contribution in [-0.2, 0) is 11.2 Å². The molecule has 2 aromatic rings. The minimum absolute atomic E-state index is 0.462. The molecule has 3 rings (SSSR count). The van der Waals surface area contributed by atoms with E-state index in [0.29, 0.717) is 12.5 Å². The summed E-state index contributed by atoms with van der Waals surface area (Å²) in [6.07, 6.45) is 3.10. The van der Waals surface area contributed by atoms with Gasteiger partial charge in [-0.25, -0.2) is 4.98 Å². The summed E-state index contributed by atoms with van der Waals surface area (Å²) in [6, 6.07) is 6.14. The Hall–Kier alpha value is -1.39. The highest BCUT2D eigenvalue weighted by atomic mass is 16.5. The zero-order chi connectivity index (χ0) is 13.1. The van der Waals surface area contributed by atoms with Crippen molar-refractivity contribution in [2.75, 3.05) is 26.8 Å². The van der Waals surface area contributed by atoms with Gasteiger partial charge in [-0.1, -0.05) is 12.1 Å². The number of oxazole rings is 1. The Morgan fingerprint density at radius 3 is 3.00 bits per heavy atom. The van der Waals surface area contributed by atoms with Crippen molar-refractivity contribution in [3.8, 4) is 0 Å². The lowest BCUT2D eigenvalue weighted by Gasteiger charge is -2.19. The standard InChI is InChI=1S/C15H20N2O2/c1-18-10-7-11-3-2-4-13-14(11)17-15(19-13)12-5-8-16-9-6-12/h2-4,12,16H,5-10H2,1H3. The Morgan fingerprint density at radius 1 is 1.37 bits per heavy atom. The molecule has 1 N–H and O–H groups in total. The Kier molecular flexibility index (Phi) is 3.80. The van der Waals surface area contributed by atoms with E-state index in [9.17, 15) is 0 Å². The van der Waals surface area contributed by atoms with E-state index in [4.69, 9.17) is 14.1 Å². The average molecular weight is 260 g/mol. The normalized spacial score (nSPS) is 17.1. The van der Waals surface area contributed by atoms with Gasteiger partial charge in [0.05, 0.1) is 6.61 Å². The van der Waals surface area contributed by atoms with Crippen molar-refractivity contribution in [2.24, 2.45) is 0 Å². The minimum Gasteiger partial charge on any atom is -0.440 e. The van der Waals surface area contributed by atoms with Crippen LogP contribution in [0, 0.1) is 0 Å². The van der Waals surface area contributed by atoms with E-state index in [2.05, 4.69) is 11.4 Å². The smallest absolute Gasteiger partial charge is 0.198 e. The maximum absolute atomic E-state index is 5.95. The zero-order valence-corrected chi connectivity index (χ0v) is 11.3. The number of piperidine rings is 1. The molecular formula is C15H20N2O2. The summed E-state index contributed by atoms with van der Waals surface area (Å²) < 4.78 is 11.1. The van der Waals surface area contributed by atoms with Crippen LogP contribution in [0.4, 0.5) is 0 Å². The minimum atomic E-state index is 0.462. The molecule has 0 aliphatic carbocycles. The molecule has 4 heteroatoms. The first kappa shape index (κ1) is 12.6. The number of methoxy groups -OCH3 is 1. The second-order valence-electron chi connectivity index (χ2n) is 5.08. The molecule has 1 fully saturated rings. The maximum Gasteiger partial charge on any atom is 0.198 e. The number of nitrogens with one attached hydrogen (secondary N) is 1. The SMILES string of the molecule is COCCc1cccc2oc(C3CCNCC3)nc12. The van der Waals surface area contributed by atoms with Gasteiger partial charge in [0.1, 0.15) is 5.52 Å². The van der Waals surface area contributed by atoms with Gasteiger partial charge in [0.15, 0.2) is 11.5 Å². The number of fused-ring (bicyclic) bond motifs is 1. The van der Waals surface area contributed by atoms with E-state index in [1.54, 1.807) is 7.11 Å². The third-order valence-electron chi connectivity index (χ3n) is 3.78. The van der Waals surface area contributed by atoms with E-state index in [1.807, 2.05) is 12.1 Å². The molecule has 0 unspecified atom stereocenters. The molecule has 2 heterocycles. The molecule has 1 aliphatic rings. The molecule has 1 aromatic heterocycles. The fourth-order valence-corrected chi connectivity index (χ4v) is 2.68. The lowest BCUT2D eigenvalue weighted by Crippen LogP contribution is -2.26. The zero-order valence-electron chi connectivity index (χ0n) is 11.3.